The van der Waals surface area contributed by atoms with Gasteiger partial charge < -0.3 is 20.4 Å². The van der Waals surface area contributed by atoms with Crippen LogP contribution in [0.4, 0.5) is 0 Å². The highest BCUT2D eigenvalue weighted by atomic mass is 16.5. The molecule has 0 aliphatic rings. The maximum Gasteiger partial charge on any atom is 0.245 e. The van der Waals surface area contributed by atoms with Crippen LogP contribution in [0.25, 0.3) is 0 Å². The normalized spacial score (nSPS) is 13.4. The van der Waals surface area contributed by atoms with Gasteiger partial charge in [0.2, 0.25) is 5.88 Å². The Kier molecular flexibility index (Phi) is 5.15. The summed E-state index contributed by atoms with van der Waals surface area (Å²) < 4.78 is 10.7. The van der Waals surface area contributed by atoms with Crippen molar-refractivity contribution in [3.63, 3.8) is 0 Å². The summed E-state index contributed by atoms with van der Waals surface area (Å²) in [5.41, 5.74) is 5.89. The van der Waals surface area contributed by atoms with Gasteiger partial charge in [-0.25, -0.2) is 0 Å². The minimum Gasteiger partial charge on any atom is -0.471 e. The van der Waals surface area contributed by atoms with Gasteiger partial charge in [-0.15, -0.1) is 5.10 Å². The first-order chi connectivity index (χ1) is 8.19. The third-order valence-corrected chi connectivity index (χ3v) is 1.94. The van der Waals surface area contributed by atoms with Crippen molar-refractivity contribution in [2.24, 2.45) is 10.9 Å². The average molecular weight is 240 g/mol. The molecule has 0 radical (unpaired) electrons. The van der Waals surface area contributed by atoms with E-state index in [-0.39, 0.29) is 17.8 Å². The number of rotatable bonds is 6. The number of amidine groups is 1. The molecule has 0 aromatic carbocycles. The number of nitrogens with two attached hydrogens (primary N) is 1. The molecule has 94 valence electrons. The maximum atomic E-state index is 8.62. The van der Waals surface area contributed by atoms with E-state index in [1.165, 1.54) is 6.20 Å². The predicted octanol–water partition coefficient (Wildman–Crippen LogP) is 0.375. The fourth-order valence-corrected chi connectivity index (χ4v) is 1.16. The molecular weight excluding hydrogens is 224 g/mol. The summed E-state index contributed by atoms with van der Waals surface area (Å²) in [4.78, 5) is 0. The van der Waals surface area contributed by atoms with Crippen molar-refractivity contribution in [3.8, 4) is 5.88 Å². The fourth-order valence-electron chi connectivity index (χ4n) is 1.16. The van der Waals surface area contributed by atoms with Crippen molar-refractivity contribution < 1.29 is 14.7 Å². The van der Waals surface area contributed by atoms with E-state index in [2.05, 4.69) is 15.4 Å². The first-order valence-electron chi connectivity index (χ1n) is 5.23. The zero-order chi connectivity index (χ0) is 12.7. The summed E-state index contributed by atoms with van der Waals surface area (Å²) >= 11 is 0. The van der Waals surface area contributed by atoms with Gasteiger partial charge in [0.05, 0.1) is 18.4 Å². The molecule has 0 aliphatic heterocycles. The van der Waals surface area contributed by atoms with Gasteiger partial charge in [-0.2, -0.15) is 5.10 Å². The largest absolute Gasteiger partial charge is 0.471 e. The highest BCUT2D eigenvalue weighted by Gasteiger charge is 2.13. The van der Waals surface area contributed by atoms with Crippen LogP contribution in [0.2, 0.25) is 0 Å². The fraction of sp³-hybridized carbons (Fsp3) is 0.500. The zero-order valence-electron chi connectivity index (χ0n) is 9.83. The van der Waals surface area contributed by atoms with Gasteiger partial charge in [0.15, 0.2) is 5.84 Å². The molecule has 3 N–H and O–H groups in total. The molecule has 1 aromatic heterocycles. The molecule has 0 amide bonds. The quantitative estimate of drug-likeness (QED) is 0.322. The first kappa shape index (κ1) is 13.2. The lowest BCUT2D eigenvalue weighted by Gasteiger charge is -2.14. The van der Waals surface area contributed by atoms with Crippen molar-refractivity contribution in [2.45, 2.75) is 20.0 Å². The molecule has 0 spiro atoms. The van der Waals surface area contributed by atoms with Crippen LogP contribution >= 0.6 is 0 Å². The summed E-state index contributed by atoms with van der Waals surface area (Å²) in [6.07, 6.45) is 1.24. The van der Waals surface area contributed by atoms with Crippen molar-refractivity contribution >= 4 is 5.84 Å². The number of nitrogens with zero attached hydrogens (tertiary/aromatic N) is 3. The molecule has 0 saturated heterocycles. The third-order valence-electron chi connectivity index (χ3n) is 1.94. The second kappa shape index (κ2) is 6.64. The topological polar surface area (TPSA) is 103 Å². The zero-order valence-corrected chi connectivity index (χ0v) is 9.83. The van der Waals surface area contributed by atoms with E-state index in [0.717, 1.165) is 0 Å². The van der Waals surface area contributed by atoms with Crippen LogP contribution in [0, 0.1) is 0 Å². The van der Waals surface area contributed by atoms with Gasteiger partial charge in [0.1, 0.15) is 6.10 Å². The van der Waals surface area contributed by atoms with Crippen LogP contribution in [0.5, 0.6) is 5.88 Å². The second-order valence-corrected chi connectivity index (χ2v) is 3.32. The summed E-state index contributed by atoms with van der Waals surface area (Å²) in [7, 11) is 0. The maximum absolute atomic E-state index is 8.62. The highest BCUT2D eigenvalue weighted by Crippen LogP contribution is 2.14. The van der Waals surface area contributed by atoms with E-state index in [0.29, 0.717) is 18.8 Å². The van der Waals surface area contributed by atoms with E-state index >= 15 is 0 Å². The summed E-state index contributed by atoms with van der Waals surface area (Å²) in [5, 5.41) is 19.0. The van der Waals surface area contributed by atoms with Gasteiger partial charge in [0, 0.05) is 6.61 Å². The smallest absolute Gasteiger partial charge is 0.245 e. The van der Waals surface area contributed by atoms with Crippen LogP contribution in [0.1, 0.15) is 19.4 Å². The number of hydrogen-bond donors (Lipinski definition) is 2. The van der Waals surface area contributed by atoms with Crippen LogP contribution < -0.4 is 10.5 Å². The molecule has 1 heterocycles. The van der Waals surface area contributed by atoms with Crippen LogP contribution in [-0.4, -0.2) is 40.6 Å². The monoisotopic (exact) mass is 240 g/mol. The summed E-state index contributed by atoms with van der Waals surface area (Å²) in [5.74, 6) is 0.147. The Hall–Kier alpha value is -1.89. The second-order valence-electron chi connectivity index (χ2n) is 3.32. The average Bonchev–Trinajstić information content (AvgIpc) is 2.36. The molecule has 0 fully saturated rings. The standard InChI is InChI=1S/C10H16N4O3/c1-3-16-6-7(2)17-10-8(9(11)14-15)4-5-12-13-10/h4-5,7,15H,3,6H2,1-2H3,(H2,11,14). The molecule has 1 aromatic rings. The van der Waals surface area contributed by atoms with Crippen LogP contribution in [0.15, 0.2) is 17.4 Å². The van der Waals surface area contributed by atoms with Gasteiger partial charge in [-0.05, 0) is 19.9 Å². The summed E-state index contributed by atoms with van der Waals surface area (Å²) in [6, 6.07) is 1.56. The Morgan fingerprint density at radius 2 is 2.41 bits per heavy atom. The Bertz CT molecular complexity index is 384. The van der Waals surface area contributed by atoms with Gasteiger partial charge in [0.25, 0.3) is 0 Å². The molecule has 7 nitrogen and oxygen atoms in total. The van der Waals surface area contributed by atoms with Crippen LogP contribution in [0.3, 0.4) is 0 Å². The van der Waals surface area contributed by atoms with E-state index in [1.807, 2.05) is 13.8 Å². The molecule has 1 atom stereocenters. The molecule has 0 bridgehead atoms. The molecule has 1 rings (SSSR count). The Labute approximate surface area is 99.2 Å². The Morgan fingerprint density at radius 3 is 3.06 bits per heavy atom. The Balaban J connectivity index is 2.76. The minimum atomic E-state index is -0.197. The number of hydrogen-bond acceptors (Lipinski definition) is 6. The Morgan fingerprint density at radius 1 is 1.65 bits per heavy atom. The van der Waals surface area contributed by atoms with Crippen LogP contribution in [-0.2, 0) is 4.74 Å². The lowest BCUT2D eigenvalue weighted by atomic mass is 10.3. The predicted molar refractivity (Wildman–Crippen MR) is 61.1 cm³/mol. The number of oxime groups is 1. The molecule has 0 saturated carbocycles. The molecule has 0 aliphatic carbocycles. The minimum absolute atomic E-state index is 0.0708. The number of ether oxygens (including phenoxy) is 2. The van der Waals surface area contributed by atoms with Crippen molar-refractivity contribution in [1.82, 2.24) is 10.2 Å². The first-order valence-corrected chi connectivity index (χ1v) is 5.23. The molecule has 17 heavy (non-hydrogen) atoms. The lowest BCUT2D eigenvalue weighted by Crippen LogP contribution is -2.23. The van der Waals surface area contributed by atoms with Crippen molar-refractivity contribution in [3.05, 3.63) is 17.8 Å². The molecule has 1 unspecified atom stereocenters. The van der Waals surface area contributed by atoms with Crippen molar-refractivity contribution in [2.75, 3.05) is 13.2 Å². The van der Waals surface area contributed by atoms with Gasteiger partial charge in [-0.1, -0.05) is 5.16 Å². The van der Waals surface area contributed by atoms with Gasteiger partial charge in [-0.3, -0.25) is 0 Å². The SMILES string of the molecule is CCOCC(C)Oc1nnccc1/C(N)=N/O. The van der Waals surface area contributed by atoms with Gasteiger partial charge >= 0.3 is 0 Å². The lowest BCUT2D eigenvalue weighted by molar-refractivity contribution is 0.0627. The summed E-state index contributed by atoms with van der Waals surface area (Å²) in [6.45, 7) is 4.78. The van der Waals surface area contributed by atoms with E-state index < -0.39 is 0 Å². The highest BCUT2D eigenvalue weighted by molar-refractivity contribution is 5.98. The van der Waals surface area contributed by atoms with E-state index in [4.69, 9.17) is 20.4 Å². The third kappa shape index (κ3) is 3.87. The number of aromatic nitrogens is 2. The van der Waals surface area contributed by atoms with E-state index in [9.17, 15) is 0 Å². The molecular formula is C10H16N4O3. The van der Waals surface area contributed by atoms with Crippen molar-refractivity contribution in [1.29, 1.82) is 0 Å². The van der Waals surface area contributed by atoms with E-state index in [1.54, 1.807) is 6.07 Å². The molecule has 7 heteroatoms.